The van der Waals surface area contributed by atoms with E-state index in [1.165, 1.54) is 0 Å². The van der Waals surface area contributed by atoms with E-state index >= 15 is 0 Å². The molecule has 1 amide bonds. The third kappa shape index (κ3) is 5.26. The molecule has 6 heteroatoms. The van der Waals surface area contributed by atoms with Crippen molar-refractivity contribution in [1.82, 2.24) is 5.32 Å². The molecule has 0 aromatic rings. The van der Waals surface area contributed by atoms with Gasteiger partial charge in [0.2, 0.25) is 0 Å². The maximum absolute atomic E-state index is 11.2. The molecule has 1 atom stereocenters. The van der Waals surface area contributed by atoms with Crippen LogP contribution in [0.25, 0.3) is 0 Å². The summed E-state index contributed by atoms with van der Waals surface area (Å²) in [6.07, 6.45) is 4.33. The lowest BCUT2D eigenvalue weighted by atomic mass is 9.84. The van der Waals surface area contributed by atoms with Crippen LogP contribution in [0, 0.1) is 5.92 Å². The summed E-state index contributed by atoms with van der Waals surface area (Å²) in [6.45, 7) is 1.94. The molecule has 0 unspecified atom stereocenters. The third-order valence-corrected chi connectivity index (χ3v) is 2.94. The molecule has 1 fully saturated rings. The minimum atomic E-state index is -0.972. The molecule has 2 N–H and O–H groups in total. The van der Waals surface area contributed by atoms with Crippen LogP contribution in [-0.2, 0) is 9.53 Å². The molecule has 0 aromatic heterocycles. The Morgan fingerprint density at radius 2 is 1.94 bits per heavy atom. The van der Waals surface area contributed by atoms with Crippen molar-refractivity contribution in [2.45, 2.75) is 45.1 Å². The average Bonchev–Trinajstić information content (AvgIpc) is 2.27. The van der Waals surface area contributed by atoms with Crippen LogP contribution >= 0.6 is 12.4 Å². The van der Waals surface area contributed by atoms with Gasteiger partial charge in [-0.2, -0.15) is 0 Å². The predicted molar refractivity (Wildman–Crippen MR) is 65.4 cm³/mol. The summed E-state index contributed by atoms with van der Waals surface area (Å²) >= 11 is 0. The molecule has 1 rings (SSSR count). The number of aliphatic carboxylic acids is 1. The second-order valence-electron chi connectivity index (χ2n) is 4.08. The van der Waals surface area contributed by atoms with Crippen LogP contribution in [0.1, 0.15) is 39.0 Å². The number of carboxylic acid groups (broad SMARTS) is 1. The molecule has 0 radical (unpaired) electrons. The number of carbonyl (C=O) groups excluding carboxylic acids is 1. The summed E-state index contributed by atoms with van der Waals surface area (Å²) in [5.41, 5.74) is 0. The van der Waals surface area contributed by atoms with Gasteiger partial charge in [-0.05, 0) is 25.7 Å². The van der Waals surface area contributed by atoms with E-state index in [-0.39, 0.29) is 24.9 Å². The first-order valence-electron chi connectivity index (χ1n) is 5.81. The first-order chi connectivity index (χ1) is 7.65. The van der Waals surface area contributed by atoms with Crippen molar-refractivity contribution in [1.29, 1.82) is 0 Å². The number of halogens is 1. The minimum absolute atomic E-state index is 0. The Morgan fingerprint density at radius 1 is 1.35 bits per heavy atom. The van der Waals surface area contributed by atoms with Gasteiger partial charge >= 0.3 is 12.1 Å². The highest BCUT2D eigenvalue weighted by Crippen LogP contribution is 2.26. The van der Waals surface area contributed by atoms with Crippen LogP contribution in [0.5, 0.6) is 0 Å². The molecule has 5 nitrogen and oxygen atoms in total. The Bertz CT molecular complexity index is 252. The molecule has 0 saturated heterocycles. The van der Waals surface area contributed by atoms with E-state index in [0.29, 0.717) is 0 Å². The van der Waals surface area contributed by atoms with Crippen LogP contribution in [0.2, 0.25) is 0 Å². The number of ether oxygens (including phenoxy) is 1. The fraction of sp³-hybridized carbons (Fsp3) is 0.818. The molecule has 0 spiro atoms. The Kier molecular flexibility index (Phi) is 7.70. The Morgan fingerprint density at radius 3 is 2.41 bits per heavy atom. The third-order valence-electron chi connectivity index (χ3n) is 2.94. The van der Waals surface area contributed by atoms with Crippen LogP contribution < -0.4 is 5.32 Å². The summed E-state index contributed by atoms with van der Waals surface area (Å²) < 4.78 is 4.70. The minimum Gasteiger partial charge on any atom is -0.480 e. The number of nitrogens with one attached hydrogen (secondary N) is 1. The van der Waals surface area contributed by atoms with E-state index < -0.39 is 18.1 Å². The van der Waals surface area contributed by atoms with Gasteiger partial charge in [0, 0.05) is 0 Å². The van der Waals surface area contributed by atoms with Crippen LogP contribution in [0.15, 0.2) is 0 Å². The normalized spacial score (nSPS) is 17.7. The molecule has 17 heavy (non-hydrogen) atoms. The lowest BCUT2D eigenvalue weighted by Crippen LogP contribution is -2.46. The van der Waals surface area contributed by atoms with Crippen molar-refractivity contribution < 1.29 is 19.4 Å². The van der Waals surface area contributed by atoms with E-state index in [9.17, 15) is 9.59 Å². The number of carboxylic acids is 1. The summed E-state index contributed by atoms with van der Waals surface area (Å²) in [7, 11) is 0. The Balaban J connectivity index is 0.00000256. The highest BCUT2D eigenvalue weighted by atomic mass is 35.5. The van der Waals surface area contributed by atoms with Gasteiger partial charge in [0.15, 0.2) is 0 Å². The van der Waals surface area contributed by atoms with Gasteiger partial charge < -0.3 is 15.2 Å². The summed E-state index contributed by atoms with van der Waals surface area (Å²) in [5.74, 6) is -0.935. The van der Waals surface area contributed by atoms with Crippen LogP contribution in [0.3, 0.4) is 0 Å². The van der Waals surface area contributed by atoms with Gasteiger partial charge in [0.25, 0.3) is 0 Å². The number of hydrogen-bond acceptors (Lipinski definition) is 3. The molecule has 0 aromatic carbocycles. The lowest BCUT2D eigenvalue weighted by molar-refractivity contribution is -0.141. The standard InChI is InChI=1S/C11H19NO4.ClH/c1-2-16-11(15)12-9(10(13)14)8-6-4-3-5-7-8;/h8-9H,2-7H2,1H3,(H,12,15)(H,13,14);1H/t9-;/m0./s1. The lowest BCUT2D eigenvalue weighted by Gasteiger charge is -2.27. The van der Waals surface area contributed by atoms with Crippen molar-refractivity contribution in [2.75, 3.05) is 6.61 Å². The van der Waals surface area contributed by atoms with Gasteiger partial charge in [-0.1, -0.05) is 19.3 Å². The van der Waals surface area contributed by atoms with Gasteiger partial charge in [-0.3, -0.25) is 0 Å². The molecule has 0 heterocycles. The fourth-order valence-electron chi connectivity index (χ4n) is 2.15. The quantitative estimate of drug-likeness (QED) is 0.817. The highest BCUT2D eigenvalue weighted by Gasteiger charge is 2.30. The topological polar surface area (TPSA) is 75.6 Å². The van der Waals surface area contributed by atoms with Gasteiger partial charge in [0.05, 0.1) is 6.61 Å². The molecule has 0 bridgehead atoms. The number of alkyl carbamates (subject to hydrolysis) is 1. The molecular weight excluding hydrogens is 246 g/mol. The monoisotopic (exact) mass is 265 g/mol. The Labute approximate surface area is 107 Å². The number of carbonyl (C=O) groups is 2. The van der Waals surface area contributed by atoms with E-state index in [1.54, 1.807) is 6.92 Å². The summed E-state index contributed by atoms with van der Waals surface area (Å²) in [4.78, 5) is 22.3. The predicted octanol–water partition coefficient (Wildman–Crippen LogP) is 2.19. The van der Waals surface area contributed by atoms with Crippen LogP contribution in [0.4, 0.5) is 4.79 Å². The smallest absolute Gasteiger partial charge is 0.407 e. The first-order valence-corrected chi connectivity index (χ1v) is 5.81. The molecular formula is C11H20ClNO4. The second-order valence-corrected chi connectivity index (χ2v) is 4.08. The van der Waals surface area contributed by atoms with E-state index in [0.717, 1.165) is 32.1 Å². The second kappa shape index (κ2) is 8.17. The number of amides is 1. The zero-order chi connectivity index (χ0) is 12.0. The van der Waals surface area contributed by atoms with Crippen molar-refractivity contribution in [3.63, 3.8) is 0 Å². The highest BCUT2D eigenvalue weighted by molar-refractivity contribution is 5.85. The zero-order valence-electron chi connectivity index (χ0n) is 9.98. The number of rotatable bonds is 4. The zero-order valence-corrected chi connectivity index (χ0v) is 10.8. The fourth-order valence-corrected chi connectivity index (χ4v) is 2.15. The van der Waals surface area contributed by atoms with Gasteiger partial charge in [0.1, 0.15) is 6.04 Å². The van der Waals surface area contributed by atoms with E-state index in [4.69, 9.17) is 9.84 Å². The van der Waals surface area contributed by atoms with Crippen LogP contribution in [-0.4, -0.2) is 29.8 Å². The largest absolute Gasteiger partial charge is 0.480 e. The molecule has 0 aliphatic heterocycles. The number of hydrogen-bond donors (Lipinski definition) is 2. The van der Waals surface area contributed by atoms with Crippen molar-refractivity contribution in [2.24, 2.45) is 5.92 Å². The SMILES string of the molecule is CCOC(=O)N[C@H](C(=O)O)C1CCCCC1.Cl. The molecule has 1 aliphatic carbocycles. The maximum Gasteiger partial charge on any atom is 0.407 e. The summed E-state index contributed by atoms with van der Waals surface area (Å²) in [6, 6.07) is -0.806. The average molecular weight is 266 g/mol. The first kappa shape index (κ1) is 16.0. The van der Waals surface area contributed by atoms with E-state index in [2.05, 4.69) is 5.32 Å². The Hall–Kier alpha value is -0.970. The van der Waals surface area contributed by atoms with Crippen molar-refractivity contribution in [3.05, 3.63) is 0 Å². The van der Waals surface area contributed by atoms with Crippen molar-refractivity contribution >= 4 is 24.5 Å². The van der Waals surface area contributed by atoms with Gasteiger partial charge in [-0.25, -0.2) is 9.59 Å². The van der Waals surface area contributed by atoms with Crippen molar-refractivity contribution in [3.8, 4) is 0 Å². The molecule has 100 valence electrons. The maximum atomic E-state index is 11.2. The molecule has 1 aliphatic rings. The van der Waals surface area contributed by atoms with E-state index in [1.807, 2.05) is 0 Å². The molecule has 1 saturated carbocycles. The van der Waals surface area contributed by atoms with Gasteiger partial charge in [-0.15, -0.1) is 12.4 Å². The summed E-state index contributed by atoms with van der Waals surface area (Å²) in [5, 5.41) is 11.5.